The van der Waals surface area contributed by atoms with Crippen molar-refractivity contribution in [3.63, 3.8) is 0 Å². The quantitative estimate of drug-likeness (QED) is 0.779. The third-order valence-electron chi connectivity index (χ3n) is 2.30. The van der Waals surface area contributed by atoms with Crippen molar-refractivity contribution in [2.45, 2.75) is 20.0 Å². The van der Waals surface area contributed by atoms with E-state index < -0.39 is 0 Å². The van der Waals surface area contributed by atoms with E-state index in [1.54, 1.807) is 24.3 Å². The maximum Gasteiger partial charge on any atom is 0.223 e. The summed E-state index contributed by atoms with van der Waals surface area (Å²) in [4.78, 5) is 11.8. The van der Waals surface area contributed by atoms with Crippen LogP contribution in [0.2, 0.25) is 5.02 Å². The number of carbonyl (C=O) groups excluding carboxylic acids is 1. The molecule has 0 amide bonds. The lowest BCUT2D eigenvalue weighted by Gasteiger charge is -2.04. The first-order valence-electron chi connectivity index (χ1n) is 5.40. The molecule has 17 heavy (non-hydrogen) atoms. The van der Waals surface area contributed by atoms with Crippen LogP contribution >= 0.6 is 11.6 Å². The molecule has 1 aromatic heterocycles. The molecule has 0 atom stereocenters. The van der Waals surface area contributed by atoms with Gasteiger partial charge in [-0.25, -0.2) is 0 Å². The Balaban J connectivity index is 2.21. The Labute approximate surface area is 104 Å². The van der Waals surface area contributed by atoms with Crippen LogP contribution in [0.5, 0.6) is 0 Å². The largest absolute Gasteiger partial charge is 0.453 e. The molecule has 0 aliphatic rings. The summed E-state index contributed by atoms with van der Waals surface area (Å²) >= 11 is 5.86. The normalized spacial score (nSPS) is 11.3. The van der Waals surface area contributed by atoms with Gasteiger partial charge in [-0.1, -0.05) is 11.6 Å². The molecule has 1 aromatic carbocycles. The van der Waals surface area contributed by atoms with Crippen LogP contribution in [-0.2, 0) is 4.74 Å². The minimum absolute atomic E-state index is 0.0257. The minimum Gasteiger partial charge on any atom is -0.453 e. The second kappa shape index (κ2) is 4.90. The maximum absolute atomic E-state index is 11.8. The zero-order valence-electron chi connectivity index (χ0n) is 9.70. The number of ether oxygens (including phenoxy) is 1. The molecule has 0 saturated carbocycles. The van der Waals surface area contributed by atoms with Gasteiger partial charge < -0.3 is 9.15 Å². The van der Waals surface area contributed by atoms with Crippen molar-refractivity contribution in [2.75, 3.05) is 6.61 Å². The van der Waals surface area contributed by atoms with Gasteiger partial charge in [-0.3, -0.25) is 4.79 Å². The van der Waals surface area contributed by atoms with Crippen molar-refractivity contribution in [3.05, 3.63) is 35.0 Å². The molecule has 0 aliphatic heterocycles. The molecule has 2 aromatic rings. The second-order valence-corrected chi connectivity index (χ2v) is 4.51. The van der Waals surface area contributed by atoms with Gasteiger partial charge in [0.2, 0.25) is 5.78 Å². The van der Waals surface area contributed by atoms with Gasteiger partial charge in [0.25, 0.3) is 0 Å². The molecule has 0 saturated heterocycles. The van der Waals surface area contributed by atoms with E-state index in [-0.39, 0.29) is 18.5 Å². The van der Waals surface area contributed by atoms with Crippen molar-refractivity contribution in [3.8, 4) is 0 Å². The number of hydrogen-bond acceptors (Lipinski definition) is 3. The summed E-state index contributed by atoms with van der Waals surface area (Å²) in [6, 6.07) is 6.93. The number of carbonyl (C=O) groups is 1. The summed E-state index contributed by atoms with van der Waals surface area (Å²) in [5.41, 5.74) is 0.655. The molecule has 0 fully saturated rings. The molecule has 3 nitrogen and oxygen atoms in total. The zero-order chi connectivity index (χ0) is 12.4. The van der Waals surface area contributed by atoms with Crippen LogP contribution < -0.4 is 0 Å². The predicted octanol–water partition coefficient (Wildman–Crippen LogP) is 3.69. The third kappa shape index (κ3) is 2.87. The molecule has 1 heterocycles. The number of benzene rings is 1. The van der Waals surface area contributed by atoms with Crippen LogP contribution in [0.15, 0.2) is 28.7 Å². The SMILES string of the molecule is CC(C)OCC(=O)c1cc2cc(Cl)ccc2o1. The van der Waals surface area contributed by atoms with Gasteiger partial charge >= 0.3 is 0 Å². The Hall–Kier alpha value is -1.32. The molecule has 0 aliphatic carbocycles. The fourth-order valence-corrected chi connectivity index (χ4v) is 1.65. The van der Waals surface area contributed by atoms with Gasteiger partial charge in [-0.15, -0.1) is 0 Å². The summed E-state index contributed by atoms with van der Waals surface area (Å²) in [6.45, 7) is 3.79. The van der Waals surface area contributed by atoms with Crippen LogP contribution in [0.25, 0.3) is 11.0 Å². The maximum atomic E-state index is 11.8. The zero-order valence-corrected chi connectivity index (χ0v) is 10.5. The molecule has 0 unspecified atom stereocenters. The highest BCUT2D eigenvalue weighted by Gasteiger charge is 2.13. The molecule has 0 bridgehead atoms. The summed E-state index contributed by atoms with van der Waals surface area (Å²) in [5, 5.41) is 1.45. The van der Waals surface area contributed by atoms with Gasteiger partial charge in [-0.05, 0) is 38.1 Å². The van der Waals surface area contributed by atoms with Crippen LogP contribution in [0, 0.1) is 0 Å². The van der Waals surface area contributed by atoms with Crippen LogP contribution in [0.4, 0.5) is 0 Å². The smallest absolute Gasteiger partial charge is 0.223 e. The van der Waals surface area contributed by atoms with E-state index in [1.165, 1.54) is 0 Å². The number of ketones is 1. The minimum atomic E-state index is -0.161. The van der Waals surface area contributed by atoms with E-state index in [2.05, 4.69) is 0 Å². The van der Waals surface area contributed by atoms with Gasteiger partial charge in [0.1, 0.15) is 12.2 Å². The lowest BCUT2D eigenvalue weighted by atomic mass is 10.2. The molecule has 4 heteroatoms. The van der Waals surface area contributed by atoms with Gasteiger partial charge in [0.05, 0.1) is 6.10 Å². The first kappa shape index (κ1) is 12.1. The number of hydrogen-bond donors (Lipinski definition) is 0. The highest BCUT2D eigenvalue weighted by molar-refractivity contribution is 6.31. The van der Waals surface area contributed by atoms with Crippen molar-refractivity contribution in [2.24, 2.45) is 0 Å². The monoisotopic (exact) mass is 252 g/mol. The highest BCUT2D eigenvalue weighted by atomic mass is 35.5. The van der Waals surface area contributed by atoms with Gasteiger partial charge in [0, 0.05) is 10.4 Å². The first-order chi connectivity index (χ1) is 8.06. The van der Waals surface area contributed by atoms with Crippen molar-refractivity contribution in [1.29, 1.82) is 0 Å². The van der Waals surface area contributed by atoms with E-state index in [1.807, 2.05) is 13.8 Å². The summed E-state index contributed by atoms with van der Waals surface area (Å²) in [7, 11) is 0. The number of Topliss-reactive ketones (excluding diaryl/α,β-unsaturated/α-hetero) is 1. The van der Waals surface area contributed by atoms with Crippen molar-refractivity contribution < 1.29 is 13.9 Å². The second-order valence-electron chi connectivity index (χ2n) is 4.08. The lowest BCUT2D eigenvalue weighted by Crippen LogP contribution is -2.12. The van der Waals surface area contributed by atoms with E-state index in [9.17, 15) is 4.79 Å². The van der Waals surface area contributed by atoms with E-state index in [4.69, 9.17) is 20.8 Å². The van der Waals surface area contributed by atoms with Gasteiger partial charge in [-0.2, -0.15) is 0 Å². The molecule has 2 rings (SSSR count). The Morgan fingerprint density at radius 2 is 2.18 bits per heavy atom. The molecular formula is C13H13ClO3. The van der Waals surface area contributed by atoms with E-state index in [0.717, 1.165) is 5.39 Å². The molecule has 0 radical (unpaired) electrons. The van der Waals surface area contributed by atoms with Crippen LogP contribution in [0.1, 0.15) is 24.4 Å². The molecule has 0 spiro atoms. The van der Waals surface area contributed by atoms with Crippen molar-refractivity contribution in [1.82, 2.24) is 0 Å². The average Bonchev–Trinajstić information content (AvgIpc) is 2.68. The van der Waals surface area contributed by atoms with Crippen molar-refractivity contribution >= 4 is 28.4 Å². The average molecular weight is 253 g/mol. The van der Waals surface area contributed by atoms with Crippen LogP contribution in [-0.4, -0.2) is 18.5 Å². The Morgan fingerprint density at radius 3 is 2.88 bits per heavy atom. The first-order valence-corrected chi connectivity index (χ1v) is 5.78. The Morgan fingerprint density at radius 1 is 1.41 bits per heavy atom. The number of fused-ring (bicyclic) bond motifs is 1. The van der Waals surface area contributed by atoms with E-state index >= 15 is 0 Å². The number of furan rings is 1. The fraction of sp³-hybridized carbons (Fsp3) is 0.308. The molecular weight excluding hydrogens is 240 g/mol. The van der Waals surface area contributed by atoms with E-state index in [0.29, 0.717) is 16.4 Å². The molecule has 0 N–H and O–H groups in total. The van der Waals surface area contributed by atoms with Crippen LogP contribution in [0.3, 0.4) is 0 Å². The Bertz CT molecular complexity index is 543. The highest BCUT2D eigenvalue weighted by Crippen LogP contribution is 2.23. The molecule has 90 valence electrons. The third-order valence-corrected chi connectivity index (χ3v) is 2.54. The van der Waals surface area contributed by atoms with Gasteiger partial charge in [0.15, 0.2) is 5.76 Å². The topological polar surface area (TPSA) is 39.4 Å². The predicted molar refractivity (Wildman–Crippen MR) is 66.6 cm³/mol. The summed E-state index contributed by atoms with van der Waals surface area (Å²) < 4.78 is 10.7. The standard InChI is InChI=1S/C13H13ClO3/c1-8(2)16-7-11(15)13-6-9-5-10(14)3-4-12(9)17-13/h3-6,8H,7H2,1-2H3. The lowest BCUT2D eigenvalue weighted by molar-refractivity contribution is 0.0564. The number of rotatable bonds is 4. The summed E-state index contributed by atoms with van der Waals surface area (Å²) in [6.07, 6.45) is 0.0257. The Kier molecular flexibility index (Phi) is 3.50. The number of halogens is 1. The fourth-order valence-electron chi connectivity index (χ4n) is 1.47. The summed E-state index contributed by atoms with van der Waals surface area (Å²) in [5.74, 6) is 0.147.